The average molecular weight is 359 g/mol. The summed E-state index contributed by atoms with van der Waals surface area (Å²) < 4.78 is 5.06. The smallest absolute Gasteiger partial charge is 0.410 e. The number of anilines is 2. The van der Waals surface area contributed by atoms with E-state index in [1.807, 2.05) is 19.1 Å². The van der Waals surface area contributed by atoms with Crippen molar-refractivity contribution in [2.75, 3.05) is 24.2 Å². The maximum absolute atomic E-state index is 12.4. The molecule has 3 rings (SSSR count). The number of ether oxygens (including phenoxy) is 1. The molecule has 0 bridgehead atoms. The molecule has 0 saturated heterocycles. The van der Waals surface area contributed by atoms with Gasteiger partial charge in [-0.25, -0.2) is 4.79 Å². The lowest BCUT2D eigenvalue weighted by atomic mass is 10.1. The number of nitrogens with two attached hydrogens (primary N) is 1. The summed E-state index contributed by atoms with van der Waals surface area (Å²) in [7, 11) is 0. The van der Waals surface area contributed by atoms with E-state index in [0.29, 0.717) is 42.4 Å². The standard InChI is InChI=1S/C18H21N3O3S/c1-3-24-18(23)21-9-8-13-14(10-21)25-17(15(13)19)20-16(22)12-6-4-11(2)5-7-12/h4-7H,3,8-10,19H2,1-2H3,(H,20,22). The third-order valence-electron chi connectivity index (χ3n) is 4.16. The Morgan fingerprint density at radius 1 is 1.32 bits per heavy atom. The second kappa shape index (κ2) is 7.14. The molecular formula is C18H21N3O3S. The molecule has 2 aromatic rings. The Bertz CT molecular complexity index is 799. The number of hydrogen-bond acceptors (Lipinski definition) is 5. The van der Waals surface area contributed by atoms with Gasteiger partial charge in [-0.05, 0) is 38.0 Å². The molecule has 2 heterocycles. The fourth-order valence-electron chi connectivity index (χ4n) is 2.77. The van der Waals surface area contributed by atoms with Crippen molar-refractivity contribution < 1.29 is 14.3 Å². The minimum absolute atomic E-state index is 0.187. The van der Waals surface area contributed by atoms with Gasteiger partial charge in [0, 0.05) is 17.0 Å². The topological polar surface area (TPSA) is 84.7 Å². The Hall–Kier alpha value is -2.54. The summed E-state index contributed by atoms with van der Waals surface area (Å²) in [6.45, 7) is 5.14. The van der Waals surface area contributed by atoms with Gasteiger partial charge >= 0.3 is 6.09 Å². The number of nitrogen functional groups attached to an aromatic ring is 1. The summed E-state index contributed by atoms with van der Waals surface area (Å²) in [6.07, 6.45) is 0.349. The summed E-state index contributed by atoms with van der Waals surface area (Å²) in [5.41, 5.74) is 9.52. The van der Waals surface area contributed by atoms with Crippen LogP contribution < -0.4 is 11.1 Å². The van der Waals surface area contributed by atoms with E-state index in [1.54, 1.807) is 24.0 Å². The van der Waals surface area contributed by atoms with Crippen LogP contribution in [0.2, 0.25) is 0 Å². The first kappa shape index (κ1) is 17.3. The minimum Gasteiger partial charge on any atom is -0.450 e. The van der Waals surface area contributed by atoms with Crippen molar-refractivity contribution in [2.45, 2.75) is 26.8 Å². The van der Waals surface area contributed by atoms with E-state index in [9.17, 15) is 9.59 Å². The molecule has 0 spiro atoms. The van der Waals surface area contributed by atoms with Gasteiger partial charge < -0.3 is 20.7 Å². The summed E-state index contributed by atoms with van der Waals surface area (Å²) in [5, 5.41) is 3.53. The molecule has 7 heteroatoms. The van der Waals surface area contributed by atoms with Gasteiger partial charge in [-0.1, -0.05) is 17.7 Å². The lowest BCUT2D eigenvalue weighted by Gasteiger charge is -2.26. The number of amides is 2. The molecule has 0 atom stereocenters. The highest BCUT2D eigenvalue weighted by atomic mass is 32.1. The highest BCUT2D eigenvalue weighted by molar-refractivity contribution is 7.17. The lowest BCUT2D eigenvalue weighted by molar-refractivity contribution is 0.102. The molecule has 1 aromatic heterocycles. The maximum atomic E-state index is 12.4. The Morgan fingerprint density at radius 2 is 2.04 bits per heavy atom. The molecule has 1 aromatic carbocycles. The van der Waals surface area contributed by atoms with Crippen LogP contribution in [0.25, 0.3) is 0 Å². The van der Waals surface area contributed by atoms with E-state index < -0.39 is 0 Å². The summed E-state index contributed by atoms with van der Waals surface area (Å²) >= 11 is 1.42. The van der Waals surface area contributed by atoms with Crippen molar-refractivity contribution in [3.63, 3.8) is 0 Å². The lowest BCUT2D eigenvalue weighted by Crippen LogP contribution is -2.35. The summed E-state index contributed by atoms with van der Waals surface area (Å²) in [4.78, 5) is 27.0. The van der Waals surface area contributed by atoms with E-state index in [2.05, 4.69) is 5.32 Å². The van der Waals surface area contributed by atoms with Gasteiger partial charge in [-0.3, -0.25) is 4.79 Å². The molecule has 2 amide bonds. The Kier molecular flexibility index (Phi) is 4.94. The second-order valence-electron chi connectivity index (χ2n) is 5.94. The second-order valence-corrected chi connectivity index (χ2v) is 7.04. The fourth-order valence-corrected chi connectivity index (χ4v) is 3.95. The molecule has 6 nitrogen and oxygen atoms in total. The zero-order chi connectivity index (χ0) is 18.0. The molecule has 1 aliphatic heterocycles. The van der Waals surface area contributed by atoms with Crippen LogP contribution in [0.5, 0.6) is 0 Å². The number of rotatable bonds is 3. The van der Waals surface area contributed by atoms with Crippen molar-refractivity contribution in [2.24, 2.45) is 0 Å². The predicted molar refractivity (Wildman–Crippen MR) is 99.0 cm³/mol. The van der Waals surface area contributed by atoms with Crippen LogP contribution >= 0.6 is 11.3 Å². The number of benzene rings is 1. The minimum atomic E-state index is -0.314. The molecule has 0 aliphatic carbocycles. The first-order valence-corrected chi connectivity index (χ1v) is 9.01. The predicted octanol–water partition coefficient (Wildman–Crippen LogP) is 3.41. The summed E-state index contributed by atoms with van der Waals surface area (Å²) in [6, 6.07) is 7.37. The number of nitrogens with zero attached hydrogens (tertiary/aromatic N) is 1. The highest BCUT2D eigenvalue weighted by Crippen LogP contribution is 2.39. The maximum Gasteiger partial charge on any atom is 0.410 e. The van der Waals surface area contributed by atoms with Crippen LogP contribution in [0.1, 0.15) is 33.3 Å². The Morgan fingerprint density at radius 3 is 2.72 bits per heavy atom. The van der Waals surface area contributed by atoms with Crippen LogP contribution in [0, 0.1) is 6.92 Å². The molecule has 0 radical (unpaired) electrons. The zero-order valence-electron chi connectivity index (χ0n) is 14.3. The van der Waals surface area contributed by atoms with Crippen molar-refractivity contribution in [3.05, 3.63) is 45.8 Å². The third-order valence-corrected chi connectivity index (χ3v) is 5.31. The zero-order valence-corrected chi connectivity index (χ0v) is 15.1. The van der Waals surface area contributed by atoms with Crippen molar-refractivity contribution in [3.8, 4) is 0 Å². The molecular weight excluding hydrogens is 338 g/mol. The normalized spacial score (nSPS) is 13.3. The number of carbonyl (C=O) groups is 2. The molecule has 132 valence electrons. The molecule has 0 fully saturated rings. The first-order chi connectivity index (χ1) is 12.0. The van der Waals surface area contributed by atoms with Gasteiger partial charge in [0.15, 0.2) is 0 Å². The van der Waals surface area contributed by atoms with E-state index >= 15 is 0 Å². The summed E-state index contributed by atoms with van der Waals surface area (Å²) in [5.74, 6) is -0.187. The van der Waals surface area contributed by atoms with Crippen LogP contribution in [0.3, 0.4) is 0 Å². The Balaban J connectivity index is 1.75. The number of aryl methyl sites for hydroxylation is 1. The van der Waals surface area contributed by atoms with Gasteiger partial charge in [0.25, 0.3) is 5.91 Å². The van der Waals surface area contributed by atoms with Crippen LogP contribution in [-0.4, -0.2) is 30.1 Å². The van der Waals surface area contributed by atoms with E-state index in [0.717, 1.165) is 16.0 Å². The average Bonchev–Trinajstić information content (AvgIpc) is 2.91. The van der Waals surface area contributed by atoms with Crippen LogP contribution in [-0.2, 0) is 17.7 Å². The van der Waals surface area contributed by atoms with E-state index in [-0.39, 0.29) is 12.0 Å². The van der Waals surface area contributed by atoms with Crippen LogP contribution in [0.15, 0.2) is 24.3 Å². The van der Waals surface area contributed by atoms with Gasteiger partial charge in [-0.15, -0.1) is 11.3 Å². The molecule has 1 aliphatic rings. The number of thiophene rings is 1. The quantitative estimate of drug-likeness (QED) is 0.879. The van der Waals surface area contributed by atoms with Gasteiger partial charge in [-0.2, -0.15) is 0 Å². The fraction of sp³-hybridized carbons (Fsp3) is 0.333. The molecule has 25 heavy (non-hydrogen) atoms. The number of carbonyl (C=O) groups excluding carboxylic acids is 2. The van der Waals surface area contributed by atoms with E-state index in [4.69, 9.17) is 10.5 Å². The largest absolute Gasteiger partial charge is 0.450 e. The van der Waals surface area contributed by atoms with Crippen LogP contribution in [0.4, 0.5) is 15.5 Å². The molecule has 0 unspecified atom stereocenters. The number of hydrogen-bond donors (Lipinski definition) is 2. The Labute approximate surface area is 150 Å². The van der Waals surface area contributed by atoms with E-state index in [1.165, 1.54) is 11.3 Å². The van der Waals surface area contributed by atoms with Crippen molar-refractivity contribution in [1.29, 1.82) is 0 Å². The number of nitrogens with one attached hydrogen (secondary N) is 1. The monoisotopic (exact) mass is 359 g/mol. The number of fused-ring (bicyclic) bond motifs is 1. The third kappa shape index (κ3) is 3.61. The SMILES string of the molecule is CCOC(=O)N1CCc2c(sc(NC(=O)c3ccc(C)cc3)c2N)C1. The molecule has 3 N–H and O–H groups in total. The van der Waals surface area contributed by atoms with Gasteiger partial charge in [0.05, 0.1) is 18.8 Å². The van der Waals surface area contributed by atoms with Gasteiger partial charge in [0.2, 0.25) is 0 Å². The van der Waals surface area contributed by atoms with Crippen molar-refractivity contribution in [1.82, 2.24) is 4.90 Å². The first-order valence-electron chi connectivity index (χ1n) is 8.19. The molecule has 0 saturated carbocycles. The van der Waals surface area contributed by atoms with Gasteiger partial charge in [0.1, 0.15) is 5.00 Å². The van der Waals surface area contributed by atoms with Crippen molar-refractivity contribution >= 4 is 34.0 Å². The highest BCUT2D eigenvalue weighted by Gasteiger charge is 2.27.